The van der Waals surface area contributed by atoms with Gasteiger partial charge in [-0.1, -0.05) is 12.8 Å². The lowest BCUT2D eigenvalue weighted by Gasteiger charge is -2.11. The fraction of sp³-hybridized carbons (Fsp3) is 0.467. The van der Waals surface area contributed by atoms with Crippen molar-refractivity contribution in [3.05, 3.63) is 29.7 Å². The summed E-state index contributed by atoms with van der Waals surface area (Å²) >= 11 is 0. The number of rotatable bonds is 3. The lowest BCUT2D eigenvalue weighted by Crippen LogP contribution is -2.03. The van der Waals surface area contributed by atoms with Crippen molar-refractivity contribution in [2.24, 2.45) is 0 Å². The van der Waals surface area contributed by atoms with Crippen LogP contribution in [0, 0.1) is 6.92 Å². The van der Waals surface area contributed by atoms with Crippen molar-refractivity contribution in [3.63, 3.8) is 0 Å². The average Bonchev–Trinajstić information content (AvgIpc) is 3.09. The van der Waals surface area contributed by atoms with E-state index in [1.807, 2.05) is 26.1 Å². The highest BCUT2D eigenvalue weighted by molar-refractivity contribution is 5.52. The maximum atomic E-state index is 5.63. The van der Waals surface area contributed by atoms with Crippen molar-refractivity contribution >= 4 is 5.82 Å². The van der Waals surface area contributed by atoms with Gasteiger partial charge in [0.15, 0.2) is 11.6 Å². The highest BCUT2D eigenvalue weighted by Gasteiger charge is 2.20. The zero-order valence-electron chi connectivity index (χ0n) is 11.4. The third kappa shape index (κ3) is 2.48. The third-order valence-electron chi connectivity index (χ3n) is 3.74. The summed E-state index contributed by atoms with van der Waals surface area (Å²) in [5.74, 6) is 3.75. The summed E-state index contributed by atoms with van der Waals surface area (Å²) < 4.78 is 5.63. The largest absolute Gasteiger partial charge is 0.458 e. The van der Waals surface area contributed by atoms with Gasteiger partial charge < -0.3 is 9.73 Å². The van der Waals surface area contributed by atoms with E-state index in [1.165, 1.54) is 25.7 Å². The Bertz CT molecular complexity index is 571. The summed E-state index contributed by atoms with van der Waals surface area (Å²) in [5, 5.41) is 3.12. The number of nitrogens with one attached hydrogen (secondary N) is 1. The first-order chi connectivity index (χ1) is 9.26. The summed E-state index contributed by atoms with van der Waals surface area (Å²) in [6.07, 6.45) is 5.07. The molecule has 100 valence electrons. The fourth-order valence-corrected chi connectivity index (χ4v) is 2.69. The minimum absolute atomic E-state index is 0.574. The molecule has 0 unspecified atom stereocenters. The van der Waals surface area contributed by atoms with Crippen LogP contribution in [0.25, 0.3) is 11.6 Å². The summed E-state index contributed by atoms with van der Waals surface area (Å²) in [6, 6.07) is 5.94. The SMILES string of the molecule is CNc1cc(C2CCCC2)nc(-c2ccc(C)o2)n1. The second-order valence-electron chi connectivity index (χ2n) is 5.14. The molecule has 4 heteroatoms. The molecule has 2 aromatic rings. The topological polar surface area (TPSA) is 51.0 Å². The molecule has 3 rings (SSSR count). The predicted octanol–water partition coefficient (Wildman–Crippen LogP) is 3.74. The Morgan fingerprint density at radius 3 is 2.63 bits per heavy atom. The third-order valence-corrected chi connectivity index (χ3v) is 3.74. The summed E-state index contributed by atoms with van der Waals surface area (Å²) in [4.78, 5) is 9.19. The number of aromatic nitrogens is 2. The number of anilines is 1. The molecular formula is C15H19N3O. The molecule has 1 aliphatic rings. The van der Waals surface area contributed by atoms with E-state index in [0.717, 1.165) is 23.0 Å². The quantitative estimate of drug-likeness (QED) is 0.910. The van der Waals surface area contributed by atoms with Gasteiger partial charge in [0.25, 0.3) is 0 Å². The van der Waals surface area contributed by atoms with Crippen LogP contribution in [-0.4, -0.2) is 17.0 Å². The van der Waals surface area contributed by atoms with E-state index in [1.54, 1.807) is 0 Å². The predicted molar refractivity (Wildman–Crippen MR) is 75.2 cm³/mol. The molecule has 0 saturated heterocycles. The van der Waals surface area contributed by atoms with Crippen LogP contribution in [0.5, 0.6) is 0 Å². The maximum Gasteiger partial charge on any atom is 0.197 e. The van der Waals surface area contributed by atoms with E-state index >= 15 is 0 Å². The van der Waals surface area contributed by atoms with Gasteiger partial charge in [-0.3, -0.25) is 0 Å². The molecule has 0 amide bonds. The van der Waals surface area contributed by atoms with E-state index in [0.29, 0.717) is 11.7 Å². The molecule has 0 aromatic carbocycles. The highest BCUT2D eigenvalue weighted by atomic mass is 16.3. The monoisotopic (exact) mass is 257 g/mol. The molecule has 4 nitrogen and oxygen atoms in total. The van der Waals surface area contributed by atoms with Gasteiger partial charge in [0.05, 0.1) is 0 Å². The van der Waals surface area contributed by atoms with E-state index in [9.17, 15) is 0 Å². The van der Waals surface area contributed by atoms with Crippen LogP contribution in [0.1, 0.15) is 43.1 Å². The van der Waals surface area contributed by atoms with E-state index in [-0.39, 0.29) is 0 Å². The summed E-state index contributed by atoms with van der Waals surface area (Å²) in [5.41, 5.74) is 1.14. The molecule has 0 aliphatic heterocycles. The normalized spacial score (nSPS) is 15.9. The lowest BCUT2D eigenvalue weighted by molar-refractivity contribution is 0.543. The Hall–Kier alpha value is -1.84. The van der Waals surface area contributed by atoms with Gasteiger partial charge in [-0.2, -0.15) is 0 Å². The molecule has 1 saturated carbocycles. The second kappa shape index (κ2) is 5.03. The van der Waals surface area contributed by atoms with Gasteiger partial charge >= 0.3 is 0 Å². The Labute approximate surface area is 113 Å². The van der Waals surface area contributed by atoms with Crippen molar-refractivity contribution in [3.8, 4) is 11.6 Å². The second-order valence-corrected chi connectivity index (χ2v) is 5.14. The lowest BCUT2D eigenvalue weighted by atomic mass is 10.0. The van der Waals surface area contributed by atoms with Crippen LogP contribution >= 0.6 is 0 Å². The molecule has 1 aliphatic carbocycles. The summed E-state index contributed by atoms with van der Waals surface area (Å²) in [7, 11) is 1.89. The van der Waals surface area contributed by atoms with Gasteiger partial charge in [0.1, 0.15) is 11.6 Å². The minimum atomic E-state index is 0.574. The van der Waals surface area contributed by atoms with Crippen molar-refractivity contribution in [2.75, 3.05) is 12.4 Å². The smallest absolute Gasteiger partial charge is 0.197 e. The first-order valence-electron chi connectivity index (χ1n) is 6.90. The van der Waals surface area contributed by atoms with Crippen LogP contribution in [0.4, 0.5) is 5.82 Å². The molecule has 0 spiro atoms. The maximum absolute atomic E-state index is 5.63. The van der Waals surface area contributed by atoms with Gasteiger partial charge in [0, 0.05) is 24.7 Å². The molecular weight excluding hydrogens is 238 g/mol. The Kier molecular flexibility index (Phi) is 3.23. The minimum Gasteiger partial charge on any atom is -0.458 e. The molecule has 2 aromatic heterocycles. The van der Waals surface area contributed by atoms with Gasteiger partial charge in [-0.05, 0) is 31.9 Å². The zero-order valence-corrected chi connectivity index (χ0v) is 11.4. The number of hydrogen-bond acceptors (Lipinski definition) is 4. The number of furan rings is 1. The van der Waals surface area contributed by atoms with Crippen LogP contribution in [0.15, 0.2) is 22.6 Å². The van der Waals surface area contributed by atoms with Gasteiger partial charge in [-0.25, -0.2) is 9.97 Å². The van der Waals surface area contributed by atoms with Crippen LogP contribution in [-0.2, 0) is 0 Å². The van der Waals surface area contributed by atoms with Gasteiger partial charge in [0.2, 0.25) is 0 Å². The van der Waals surface area contributed by atoms with Crippen LogP contribution < -0.4 is 5.32 Å². The molecule has 2 heterocycles. The first-order valence-corrected chi connectivity index (χ1v) is 6.90. The molecule has 19 heavy (non-hydrogen) atoms. The van der Waals surface area contributed by atoms with Crippen molar-refractivity contribution < 1.29 is 4.42 Å². The van der Waals surface area contributed by atoms with Crippen LogP contribution in [0.3, 0.4) is 0 Å². The Balaban J connectivity index is 2.01. The number of hydrogen-bond donors (Lipinski definition) is 1. The number of nitrogens with zero attached hydrogens (tertiary/aromatic N) is 2. The molecule has 1 fully saturated rings. The highest BCUT2D eigenvalue weighted by Crippen LogP contribution is 2.34. The molecule has 0 bridgehead atoms. The van der Waals surface area contributed by atoms with Gasteiger partial charge in [-0.15, -0.1) is 0 Å². The van der Waals surface area contributed by atoms with E-state index < -0.39 is 0 Å². The van der Waals surface area contributed by atoms with Crippen molar-refractivity contribution in [2.45, 2.75) is 38.5 Å². The molecule has 0 atom stereocenters. The standard InChI is InChI=1S/C15H19N3O/c1-10-7-8-13(19-10)15-17-12(9-14(16-2)18-15)11-5-3-4-6-11/h7-9,11H,3-6H2,1-2H3,(H,16,17,18). The molecule has 0 radical (unpaired) electrons. The van der Waals surface area contributed by atoms with Crippen molar-refractivity contribution in [1.82, 2.24) is 9.97 Å². The van der Waals surface area contributed by atoms with E-state index in [2.05, 4.69) is 16.4 Å². The zero-order chi connectivity index (χ0) is 13.2. The molecule has 1 N–H and O–H groups in total. The van der Waals surface area contributed by atoms with Crippen molar-refractivity contribution in [1.29, 1.82) is 0 Å². The first kappa shape index (κ1) is 12.2. The number of aryl methyl sites for hydroxylation is 1. The Morgan fingerprint density at radius 1 is 1.21 bits per heavy atom. The average molecular weight is 257 g/mol. The van der Waals surface area contributed by atoms with Crippen LogP contribution in [0.2, 0.25) is 0 Å². The van der Waals surface area contributed by atoms with E-state index in [4.69, 9.17) is 9.40 Å². The fourth-order valence-electron chi connectivity index (χ4n) is 2.69. The summed E-state index contributed by atoms with van der Waals surface area (Å²) in [6.45, 7) is 1.93. The Morgan fingerprint density at radius 2 is 2.00 bits per heavy atom.